The smallest absolute Gasteiger partial charge is 0.195 e. The largest absolute Gasteiger partial charge is 0.486 e. The number of ether oxygens (including phenoxy) is 3. The molecule has 1 aliphatic heterocycles. The van der Waals surface area contributed by atoms with E-state index < -0.39 is 0 Å². The summed E-state index contributed by atoms with van der Waals surface area (Å²) in [5, 5.41) is 7.09. The average molecular weight is 293 g/mol. The molecule has 1 aliphatic rings. The van der Waals surface area contributed by atoms with Crippen LogP contribution in [0.1, 0.15) is 0 Å². The number of H-pyrrole nitrogens is 1. The van der Waals surface area contributed by atoms with Gasteiger partial charge in [0.1, 0.15) is 13.2 Å². The molecular formula is C13H15N3O3S. The minimum atomic E-state index is 0.562. The highest BCUT2D eigenvalue weighted by Gasteiger charge is 2.15. The predicted molar refractivity (Wildman–Crippen MR) is 75.7 cm³/mol. The highest BCUT2D eigenvalue weighted by Crippen LogP contribution is 2.33. The van der Waals surface area contributed by atoms with Gasteiger partial charge in [-0.1, -0.05) is 0 Å². The van der Waals surface area contributed by atoms with Gasteiger partial charge >= 0.3 is 0 Å². The van der Waals surface area contributed by atoms with Crippen LogP contribution < -0.4 is 9.47 Å². The van der Waals surface area contributed by atoms with E-state index in [1.807, 2.05) is 22.8 Å². The maximum atomic E-state index is 5.59. The minimum Gasteiger partial charge on any atom is -0.486 e. The number of fused-ring (bicyclic) bond motifs is 1. The number of hydrogen-bond acceptors (Lipinski definition) is 5. The Balaban J connectivity index is 1.98. The van der Waals surface area contributed by atoms with Crippen LogP contribution in [0.4, 0.5) is 0 Å². The zero-order valence-electron chi connectivity index (χ0n) is 11.1. The first-order chi connectivity index (χ1) is 9.79. The summed E-state index contributed by atoms with van der Waals surface area (Å²) in [4.78, 5) is 0. The Labute approximate surface area is 121 Å². The van der Waals surface area contributed by atoms with Crippen LogP contribution in [0.2, 0.25) is 0 Å². The number of aromatic amines is 1. The normalized spacial score (nSPS) is 13.4. The van der Waals surface area contributed by atoms with Gasteiger partial charge in [-0.2, -0.15) is 5.10 Å². The third-order valence-corrected chi connectivity index (χ3v) is 3.39. The summed E-state index contributed by atoms with van der Waals surface area (Å²) in [6, 6.07) is 5.76. The van der Waals surface area contributed by atoms with Crippen molar-refractivity contribution in [1.82, 2.24) is 14.8 Å². The quantitative estimate of drug-likeness (QED) is 0.874. The number of hydrogen-bond donors (Lipinski definition) is 1. The number of benzene rings is 1. The summed E-state index contributed by atoms with van der Waals surface area (Å²) in [7, 11) is 1.66. The van der Waals surface area contributed by atoms with Crippen LogP contribution in [-0.4, -0.2) is 41.7 Å². The Bertz CT molecular complexity index is 665. The monoisotopic (exact) mass is 293 g/mol. The highest BCUT2D eigenvalue weighted by atomic mass is 32.1. The van der Waals surface area contributed by atoms with E-state index >= 15 is 0 Å². The van der Waals surface area contributed by atoms with Crippen LogP contribution in [-0.2, 0) is 11.3 Å². The summed E-state index contributed by atoms with van der Waals surface area (Å²) >= 11 is 5.24. The van der Waals surface area contributed by atoms with Crippen LogP contribution in [0.25, 0.3) is 11.4 Å². The van der Waals surface area contributed by atoms with E-state index in [1.54, 1.807) is 7.11 Å². The molecule has 0 saturated carbocycles. The molecule has 0 amide bonds. The molecule has 0 radical (unpaired) electrons. The molecule has 20 heavy (non-hydrogen) atoms. The second kappa shape index (κ2) is 5.64. The Morgan fingerprint density at radius 3 is 2.95 bits per heavy atom. The number of methoxy groups -OCH3 is 1. The van der Waals surface area contributed by atoms with E-state index in [0.717, 1.165) is 22.9 Å². The molecule has 3 rings (SSSR count). The number of rotatable bonds is 4. The average Bonchev–Trinajstić information content (AvgIpc) is 2.85. The zero-order chi connectivity index (χ0) is 13.9. The first kappa shape index (κ1) is 13.1. The van der Waals surface area contributed by atoms with Gasteiger partial charge in [0.05, 0.1) is 13.2 Å². The SMILES string of the molecule is COCCn1c(-c2ccc3c(c2)OCCO3)n[nH]c1=S. The van der Waals surface area contributed by atoms with Gasteiger partial charge in [-0.15, -0.1) is 0 Å². The molecule has 106 valence electrons. The third kappa shape index (κ3) is 2.41. The Morgan fingerprint density at radius 2 is 2.15 bits per heavy atom. The van der Waals surface area contributed by atoms with Gasteiger partial charge in [0.15, 0.2) is 22.1 Å². The van der Waals surface area contributed by atoms with Gasteiger partial charge in [-0.25, -0.2) is 0 Å². The van der Waals surface area contributed by atoms with Crippen LogP contribution in [0.15, 0.2) is 18.2 Å². The van der Waals surface area contributed by atoms with E-state index in [4.69, 9.17) is 26.4 Å². The molecule has 2 heterocycles. The molecule has 0 bridgehead atoms. The lowest BCUT2D eigenvalue weighted by atomic mass is 10.2. The van der Waals surface area contributed by atoms with Crippen molar-refractivity contribution >= 4 is 12.2 Å². The molecule has 0 atom stereocenters. The maximum Gasteiger partial charge on any atom is 0.195 e. The summed E-state index contributed by atoms with van der Waals surface area (Å²) < 4.78 is 18.7. The summed E-state index contributed by atoms with van der Waals surface area (Å²) in [6.45, 7) is 2.37. The van der Waals surface area contributed by atoms with Gasteiger partial charge < -0.3 is 14.2 Å². The van der Waals surface area contributed by atoms with Crippen molar-refractivity contribution in [3.05, 3.63) is 23.0 Å². The summed E-state index contributed by atoms with van der Waals surface area (Å²) in [5.41, 5.74) is 0.928. The molecule has 0 fully saturated rings. The highest BCUT2D eigenvalue weighted by molar-refractivity contribution is 7.71. The first-order valence-corrected chi connectivity index (χ1v) is 6.74. The van der Waals surface area contributed by atoms with Crippen molar-refractivity contribution < 1.29 is 14.2 Å². The number of nitrogens with zero attached hydrogens (tertiary/aromatic N) is 2. The standard InChI is InChI=1S/C13H15N3O3S/c1-17-5-4-16-12(14-15-13(16)20)9-2-3-10-11(8-9)19-7-6-18-10/h2-3,8H,4-7H2,1H3,(H,15,20). The molecular weight excluding hydrogens is 278 g/mol. The second-order valence-corrected chi connectivity index (χ2v) is 4.74. The lowest BCUT2D eigenvalue weighted by Crippen LogP contribution is -2.15. The van der Waals surface area contributed by atoms with E-state index in [1.165, 1.54) is 0 Å². The van der Waals surface area contributed by atoms with Crippen molar-refractivity contribution in [2.24, 2.45) is 0 Å². The van der Waals surface area contributed by atoms with Gasteiger partial charge in [0, 0.05) is 12.7 Å². The second-order valence-electron chi connectivity index (χ2n) is 4.36. The molecule has 1 N–H and O–H groups in total. The van der Waals surface area contributed by atoms with Gasteiger partial charge in [-0.05, 0) is 30.4 Å². The molecule has 0 aliphatic carbocycles. The molecule has 0 spiro atoms. The van der Waals surface area contributed by atoms with Crippen molar-refractivity contribution in [2.45, 2.75) is 6.54 Å². The maximum absolute atomic E-state index is 5.59. The Morgan fingerprint density at radius 1 is 1.35 bits per heavy atom. The predicted octanol–water partition coefficient (Wildman–Crippen LogP) is 2.03. The molecule has 1 aromatic carbocycles. The van der Waals surface area contributed by atoms with Gasteiger partial charge in [0.2, 0.25) is 0 Å². The topological polar surface area (TPSA) is 61.3 Å². The number of aromatic nitrogens is 3. The van der Waals surface area contributed by atoms with Crippen molar-refractivity contribution in [3.8, 4) is 22.9 Å². The van der Waals surface area contributed by atoms with Gasteiger partial charge in [0.25, 0.3) is 0 Å². The van der Waals surface area contributed by atoms with Crippen LogP contribution in [0.5, 0.6) is 11.5 Å². The van der Waals surface area contributed by atoms with E-state index in [0.29, 0.717) is 31.1 Å². The minimum absolute atomic E-state index is 0.562. The first-order valence-electron chi connectivity index (χ1n) is 6.34. The lowest BCUT2D eigenvalue weighted by molar-refractivity contribution is 0.171. The fourth-order valence-electron chi connectivity index (χ4n) is 2.11. The van der Waals surface area contributed by atoms with E-state index in [-0.39, 0.29) is 0 Å². The third-order valence-electron chi connectivity index (χ3n) is 3.08. The molecule has 0 saturated heterocycles. The van der Waals surface area contributed by atoms with Crippen LogP contribution >= 0.6 is 12.2 Å². The molecule has 2 aromatic rings. The van der Waals surface area contributed by atoms with E-state index in [2.05, 4.69) is 10.2 Å². The van der Waals surface area contributed by atoms with Crippen molar-refractivity contribution in [3.63, 3.8) is 0 Å². The van der Waals surface area contributed by atoms with Crippen molar-refractivity contribution in [2.75, 3.05) is 26.9 Å². The Kier molecular flexibility index (Phi) is 3.70. The van der Waals surface area contributed by atoms with Crippen molar-refractivity contribution in [1.29, 1.82) is 0 Å². The molecule has 7 heteroatoms. The summed E-state index contributed by atoms with van der Waals surface area (Å²) in [5.74, 6) is 2.27. The summed E-state index contributed by atoms with van der Waals surface area (Å²) in [6.07, 6.45) is 0. The fraction of sp³-hybridized carbons (Fsp3) is 0.385. The van der Waals surface area contributed by atoms with Crippen LogP contribution in [0.3, 0.4) is 0 Å². The van der Waals surface area contributed by atoms with Crippen LogP contribution in [0, 0.1) is 4.77 Å². The zero-order valence-corrected chi connectivity index (χ0v) is 11.9. The molecule has 1 aromatic heterocycles. The lowest BCUT2D eigenvalue weighted by Gasteiger charge is -2.18. The van der Waals surface area contributed by atoms with E-state index in [9.17, 15) is 0 Å². The molecule has 6 nitrogen and oxygen atoms in total. The molecule has 0 unspecified atom stereocenters. The fourth-order valence-corrected chi connectivity index (χ4v) is 2.33. The number of nitrogens with one attached hydrogen (secondary N) is 1. The van der Waals surface area contributed by atoms with Gasteiger partial charge in [-0.3, -0.25) is 9.67 Å². The Hall–Kier alpha value is -1.86.